The molecule has 2 aromatic rings. The molecule has 0 unspecified atom stereocenters. The van der Waals surface area contributed by atoms with Crippen molar-refractivity contribution < 1.29 is 0 Å². The molecule has 20 heavy (non-hydrogen) atoms. The SMILES string of the molecule is Cn1cc(CCCN2CC[C@@H](c3ccccc3)C2)cn1. The van der Waals surface area contributed by atoms with Gasteiger partial charge in [-0.15, -0.1) is 0 Å². The number of hydrogen-bond acceptors (Lipinski definition) is 2. The van der Waals surface area contributed by atoms with Gasteiger partial charge in [-0.3, -0.25) is 4.68 Å². The lowest BCUT2D eigenvalue weighted by molar-refractivity contribution is 0.329. The minimum atomic E-state index is 0.731. The molecule has 1 saturated heterocycles. The van der Waals surface area contributed by atoms with Gasteiger partial charge in [0.05, 0.1) is 6.20 Å². The van der Waals surface area contributed by atoms with E-state index in [-0.39, 0.29) is 0 Å². The highest BCUT2D eigenvalue weighted by molar-refractivity contribution is 5.21. The Bertz CT molecular complexity index is 532. The first-order valence-electron chi connectivity index (χ1n) is 7.56. The summed E-state index contributed by atoms with van der Waals surface area (Å²) in [4.78, 5) is 2.61. The maximum Gasteiger partial charge on any atom is 0.0521 e. The molecule has 3 rings (SSSR count). The van der Waals surface area contributed by atoms with Crippen LogP contribution in [-0.4, -0.2) is 34.3 Å². The fourth-order valence-electron chi connectivity index (χ4n) is 3.14. The van der Waals surface area contributed by atoms with E-state index in [0.717, 1.165) is 12.3 Å². The summed E-state index contributed by atoms with van der Waals surface area (Å²) in [6.45, 7) is 3.67. The minimum absolute atomic E-state index is 0.731. The zero-order valence-corrected chi connectivity index (χ0v) is 12.2. The number of likely N-dealkylation sites (tertiary alicyclic amines) is 1. The highest BCUT2D eigenvalue weighted by Gasteiger charge is 2.22. The Morgan fingerprint density at radius 1 is 1.25 bits per heavy atom. The number of rotatable bonds is 5. The Morgan fingerprint density at radius 2 is 2.10 bits per heavy atom. The van der Waals surface area contributed by atoms with Crippen molar-refractivity contribution in [1.82, 2.24) is 14.7 Å². The number of aryl methyl sites for hydroxylation is 2. The molecule has 1 aromatic carbocycles. The van der Waals surface area contributed by atoms with Crippen molar-refractivity contribution in [3.8, 4) is 0 Å². The summed E-state index contributed by atoms with van der Waals surface area (Å²) < 4.78 is 1.89. The van der Waals surface area contributed by atoms with Gasteiger partial charge in [-0.2, -0.15) is 5.10 Å². The van der Waals surface area contributed by atoms with E-state index >= 15 is 0 Å². The second-order valence-corrected chi connectivity index (χ2v) is 5.82. The van der Waals surface area contributed by atoms with Crippen molar-refractivity contribution in [3.05, 3.63) is 53.9 Å². The highest BCUT2D eigenvalue weighted by atomic mass is 15.2. The van der Waals surface area contributed by atoms with Crippen LogP contribution < -0.4 is 0 Å². The number of hydrogen-bond donors (Lipinski definition) is 0. The van der Waals surface area contributed by atoms with Crippen LogP contribution in [0.4, 0.5) is 0 Å². The predicted octanol–water partition coefficient (Wildman–Crippen LogP) is 2.84. The first-order valence-corrected chi connectivity index (χ1v) is 7.56. The monoisotopic (exact) mass is 269 g/mol. The van der Waals surface area contributed by atoms with E-state index in [2.05, 4.69) is 46.5 Å². The summed E-state index contributed by atoms with van der Waals surface area (Å²) in [6, 6.07) is 10.9. The molecule has 0 saturated carbocycles. The molecular formula is C17H23N3. The third-order valence-electron chi connectivity index (χ3n) is 4.24. The molecular weight excluding hydrogens is 246 g/mol. The topological polar surface area (TPSA) is 21.1 Å². The third-order valence-corrected chi connectivity index (χ3v) is 4.24. The van der Waals surface area contributed by atoms with Crippen molar-refractivity contribution in [3.63, 3.8) is 0 Å². The first-order chi connectivity index (χ1) is 9.81. The molecule has 0 spiro atoms. The molecule has 0 aliphatic carbocycles. The molecule has 2 heterocycles. The van der Waals surface area contributed by atoms with Crippen LogP contribution in [0.2, 0.25) is 0 Å². The van der Waals surface area contributed by atoms with Gasteiger partial charge in [-0.25, -0.2) is 0 Å². The van der Waals surface area contributed by atoms with Gasteiger partial charge in [-0.05, 0) is 49.4 Å². The Balaban J connectivity index is 1.44. The van der Waals surface area contributed by atoms with Gasteiger partial charge in [0.25, 0.3) is 0 Å². The second kappa shape index (κ2) is 6.23. The number of nitrogens with zero attached hydrogens (tertiary/aromatic N) is 3. The lowest BCUT2D eigenvalue weighted by atomic mass is 9.99. The van der Waals surface area contributed by atoms with E-state index in [4.69, 9.17) is 0 Å². The third kappa shape index (κ3) is 3.28. The van der Waals surface area contributed by atoms with Crippen LogP contribution in [0.5, 0.6) is 0 Å². The molecule has 1 fully saturated rings. The van der Waals surface area contributed by atoms with Crippen LogP contribution >= 0.6 is 0 Å². The fourth-order valence-corrected chi connectivity index (χ4v) is 3.14. The Kier molecular flexibility index (Phi) is 4.16. The van der Waals surface area contributed by atoms with E-state index < -0.39 is 0 Å². The van der Waals surface area contributed by atoms with Gasteiger partial charge in [0.1, 0.15) is 0 Å². The van der Waals surface area contributed by atoms with Gasteiger partial charge in [0.15, 0.2) is 0 Å². The van der Waals surface area contributed by atoms with Crippen LogP contribution in [0.3, 0.4) is 0 Å². The van der Waals surface area contributed by atoms with Crippen LogP contribution in [0.1, 0.15) is 29.9 Å². The summed E-state index contributed by atoms with van der Waals surface area (Å²) in [5.41, 5.74) is 2.86. The molecule has 0 radical (unpaired) electrons. The van der Waals surface area contributed by atoms with Crippen LogP contribution in [-0.2, 0) is 13.5 Å². The molecule has 106 valence electrons. The summed E-state index contributed by atoms with van der Waals surface area (Å²) >= 11 is 0. The lowest BCUT2D eigenvalue weighted by Gasteiger charge is -2.15. The van der Waals surface area contributed by atoms with Crippen molar-refractivity contribution >= 4 is 0 Å². The Morgan fingerprint density at radius 3 is 2.85 bits per heavy atom. The number of aromatic nitrogens is 2. The summed E-state index contributed by atoms with van der Waals surface area (Å²) in [5.74, 6) is 0.731. The minimum Gasteiger partial charge on any atom is -0.303 e. The second-order valence-electron chi connectivity index (χ2n) is 5.82. The summed E-state index contributed by atoms with van der Waals surface area (Å²) in [6.07, 6.45) is 7.78. The largest absolute Gasteiger partial charge is 0.303 e. The lowest BCUT2D eigenvalue weighted by Crippen LogP contribution is -2.22. The zero-order chi connectivity index (χ0) is 13.8. The van der Waals surface area contributed by atoms with Crippen LogP contribution in [0.15, 0.2) is 42.7 Å². The molecule has 0 N–H and O–H groups in total. The molecule has 3 heteroatoms. The maximum atomic E-state index is 4.22. The van der Waals surface area contributed by atoms with E-state index in [1.165, 1.54) is 43.6 Å². The van der Waals surface area contributed by atoms with Gasteiger partial charge in [-0.1, -0.05) is 30.3 Å². The van der Waals surface area contributed by atoms with E-state index in [1.54, 1.807) is 0 Å². The molecule has 1 aliphatic rings. The van der Waals surface area contributed by atoms with Gasteiger partial charge < -0.3 is 4.90 Å². The maximum absolute atomic E-state index is 4.22. The zero-order valence-electron chi connectivity index (χ0n) is 12.2. The molecule has 1 atom stereocenters. The van der Waals surface area contributed by atoms with Gasteiger partial charge >= 0.3 is 0 Å². The summed E-state index contributed by atoms with van der Waals surface area (Å²) in [7, 11) is 1.98. The first kappa shape index (κ1) is 13.4. The molecule has 1 aliphatic heterocycles. The molecule has 1 aromatic heterocycles. The molecule has 3 nitrogen and oxygen atoms in total. The van der Waals surface area contributed by atoms with E-state index in [0.29, 0.717) is 0 Å². The molecule has 0 bridgehead atoms. The van der Waals surface area contributed by atoms with Gasteiger partial charge in [0, 0.05) is 19.8 Å². The normalized spacial score (nSPS) is 19.6. The van der Waals surface area contributed by atoms with Crippen molar-refractivity contribution in [2.24, 2.45) is 7.05 Å². The fraction of sp³-hybridized carbons (Fsp3) is 0.471. The Labute approximate surface area is 121 Å². The quantitative estimate of drug-likeness (QED) is 0.832. The van der Waals surface area contributed by atoms with E-state index in [1.807, 2.05) is 17.9 Å². The average Bonchev–Trinajstić information content (AvgIpc) is 3.09. The molecule has 0 amide bonds. The van der Waals surface area contributed by atoms with Crippen LogP contribution in [0, 0.1) is 0 Å². The van der Waals surface area contributed by atoms with E-state index in [9.17, 15) is 0 Å². The van der Waals surface area contributed by atoms with Crippen molar-refractivity contribution in [1.29, 1.82) is 0 Å². The smallest absolute Gasteiger partial charge is 0.0521 e. The summed E-state index contributed by atoms with van der Waals surface area (Å²) in [5, 5.41) is 4.22. The van der Waals surface area contributed by atoms with Gasteiger partial charge in [0.2, 0.25) is 0 Å². The average molecular weight is 269 g/mol. The van der Waals surface area contributed by atoms with Crippen LogP contribution in [0.25, 0.3) is 0 Å². The highest BCUT2D eigenvalue weighted by Crippen LogP contribution is 2.26. The van der Waals surface area contributed by atoms with Crippen molar-refractivity contribution in [2.45, 2.75) is 25.2 Å². The standard InChI is InChI=1S/C17H23N3/c1-19-13-15(12-18-19)6-5-10-20-11-9-17(14-20)16-7-3-2-4-8-16/h2-4,7-8,12-13,17H,5-6,9-11,14H2,1H3/t17-/m1/s1. The number of benzene rings is 1. The Hall–Kier alpha value is -1.61. The van der Waals surface area contributed by atoms with Crippen molar-refractivity contribution in [2.75, 3.05) is 19.6 Å². The predicted molar refractivity (Wildman–Crippen MR) is 81.8 cm³/mol.